The molecule has 0 aliphatic heterocycles. The second-order valence-corrected chi connectivity index (χ2v) is 11.7. The molecule has 4 aromatic heterocycles. The molecule has 44 heavy (non-hydrogen) atoms. The second-order valence-electron chi connectivity index (χ2n) is 11.7. The molecule has 0 bridgehead atoms. The number of amides is 1. The minimum atomic E-state index is -0.291. The van der Waals surface area contributed by atoms with Gasteiger partial charge in [0.1, 0.15) is 11.5 Å². The third kappa shape index (κ3) is 5.51. The van der Waals surface area contributed by atoms with Gasteiger partial charge in [-0.2, -0.15) is 5.10 Å². The van der Waals surface area contributed by atoms with Crippen LogP contribution in [-0.4, -0.2) is 63.1 Å². The predicted octanol–water partition coefficient (Wildman–Crippen LogP) is 6.69. The summed E-state index contributed by atoms with van der Waals surface area (Å²) in [5.74, 6) is -0.149. The van der Waals surface area contributed by atoms with Crippen molar-refractivity contribution in [3.05, 3.63) is 79.0 Å². The fraction of sp³-hybridized carbons (Fsp3) is 0.235. The van der Waals surface area contributed by atoms with E-state index in [0.29, 0.717) is 17.9 Å². The van der Waals surface area contributed by atoms with Gasteiger partial charge in [-0.1, -0.05) is 18.6 Å². The predicted molar refractivity (Wildman–Crippen MR) is 173 cm³/mol. The van der Waals surface area contributed by atoms with Crippen LogP contribution in [0.25, 0.3) is 55.6 Å². The number of H-pyrrole nitrogens is 2. The Bertz CT molecular complexity index is 1990. The number of halogens is 1. The van der Waals surface area contributed by atoms with Gasteiger partial charge >= 0.3 is 0 Å². The van der Waals surface area contributed by atoms with Gasteiger partial charge in [-0.05, 0) is 80.5 Å². The molecular weight excluding hydrogens is 555 g/mol. The third-order valence-corrected chi connectivity index (χ3v) is 8.25. The van der Waals surface area contributed by atoms with E-state index < -0.39 is 0 Å². The molecular formula is C34H33FN8O. The van der Waals surface area contributed by atoms with E-state index in [1.165, 1.54) is 6.07 Å². The highest BCUT2D eigenvalue weighted by molar-refractivity contribution is 6.01. The van der Waals surface area contributed by atoms with Gasteiger partial charge in [-0.15, -0.1) is 0 Å². The van der Waals surface area contributed by atoms with Crippen LogP contribution in [0.1, 0.15) is 19.3 Å². The molecule has 7 rings (SSSR count). The van der Waals surface area contributed by atoms with Crippen LogP contribution in [-0.2, 0) is 4.79 Å². The van der Waals surface area contributed by atoms with E-state index in [1.807, 2.05) is 50.5 Å². The van der Waals surface area contributed by atoms with Crippen LogP contribution in [0.5, 0.6) is 0 Å². The molecule has 0 saturated heterocycles. The van der Waals surface area contributed by atoms with Gasteiger partial charge in [-0.3, -0.25) is 14.9 Å². The molecule has 1 amide bonds. The number of carbonyl (C=O) groups is 1. The lowest BCUT2D eigenvalue weighted by atomic mass is 9.85. The summed E-state index contributed by atoms with van der Waals surface area (Å²) in [6, 6.07) is 17.0. The molecule has 4 N–H and O–H groups in total. The van der Waals surface area contributed by atoms with Crippen LogP contribution in [0, 0.1) is 11.7 Å². The maximum Gasteiger partial charge on any atom is 0.227 e. The summed E-state index contributed by atoms with van der Waals surface area (Å²) >= 11 is 0. The summed E-state index contributed by atoms with van der Waals surface area (Å²) in [4.78, 5) is 27.0. The average molecular weight is 589 g/mol. The molecule has 1 fully saturated rings. The first-order valence-electron chi connectivity index (χ1n) is 14.8. The SMILES string of the molecule is CN(C)CCNc1cc(F)cc(-c2cccc3[nH]c(-c4n[nH]c5ncc(-c6cncc(NC(=O)C7CCC7)c6)cc45)cc23)c1. The van der Waals surface area contributed by atoms with E-state index >= 15 is 0 Å². The van der Waals surface area contributed by atoms with Crippen molar-refractivity contribution in [3.63, 3.8) is 0 Å². The zero-order chi connectivity index (χ0) is 30.2. The number of pyridine rings is 2. The Hall–Kier alpha value is -5.09. The summed E-state index contributed by atoms with van der Waals surface area (Å²) < 4.78 is 14.7. The average Bonchev–Trinajstić information content (AvgIpc) is 3.59. The normalized spacial score (nSPS) is 13.5. The lowest BCUT2D eigenvalue weighted by molar-refractivity contribution is -0.122. The van der Waals surface area contributed by atoms with Crippen molar-refractivity contribution in [2.24, 2.45) is 5.92 Å². The van der Waals surface area contributed by atoms with Gasteiger partial charge in [0, 0.05) is 64.5 Å². The first-order valence-corrected chi connectivity index (χ1v) is 14.8. The minimum absolute atomic E-state index is 0.0501. The highest BCUT2D eigenvalue weighted by atomic mass is 19.1. The lowest BCUT2D eigenvalue weighted by Gasteiger charge is -2.24. The molecule has 1 aliphatic rings. The first kappa shape index (κ1) is 27.7. The summed E-state index contributed by atoms with van der Waals surface area (Å²) in [7, 11) is 4.02. The Morgan fingerprint density at radius 1 is 0.977 bits per heavy atom. The molecule has 10 heteroatoms. The van der Waals surface area contributed by atoms with Crippen molar-refractivity contribution in [2.45, 2.75) is 19.3 Å². The van der Waals surface area contributed by atoms with E-state index in [-0.39, 0.29) is 17.6 Å². The standard InChI is InChI=1S/C34H33FN8O/c1-43(2)10-9-37-25-12-21(11-24(35)15-25)27-7-4-8-30-28(27)16-31(40-30)32-29-14-23(18-38-33(29)42-41-32)22-13-26(19-36-17-22)39-34(44)20-5-3-6-20/h4,7-8,11-20,37,40H,3,5-6,9-10H2,1-2H3,(H,39,44)(H,38,41,42). The highest BCUT2D eigenvalue weighted by Crippen LogP contribution is 2.36. The van der Waals surface area contributed by atoms with Crippen LogP contribution < -0.4 is 10.6 Å². The van der Waals surface area contributed by atoms with Crippen LogP contribution >= 0.6 is 0 Å². The number of aromatic nitrogens is 5. The smallest absolute Gasteiger partial charge is 0.227 e. The third-order valence-electron chi connectivity index (χ3n) is 8.25. The fourth-order valence-electron chi connectivity index (χ4n) is 5.65. The van der Waals surface area contributed by atoms with Crippen molar-refractivity contribution in [1.29, 1.82) is 0 Å². The number of benzene rings is 2. The highest BCUT2D eigenvalue weighted by Gasteiger charge is 2.25. The Kier molecular flexibility index (Phi) is 7.27. The number of hydrogen-bond acceptors (Lipinski definition) is 6. The maximum atomic E-state index is 14.7. The number of aromatic amines is 2. The van der Waals surface area contributed by atoms with E-state index in [1.54, 1.807) is 24.7 Å². The van der Waals surface area contributed by atoms with Crippen molar-refractivity contribution in [1.82, 2.24) is 30.0 Å². The summed E-state index contributed by atoms with van der Waals surface area (Å²) in [5, 5.41) is 15.8. The Labute approximate surface area is 253 Å². The summed E-state index contributed by atoms with van der Waals surface area (Å²) in [5.41, 5.74) is 7.95. The topological polar surface area (TPSA) is 115 Å². The Morgan fingerprint density at radius 3 is 2.64 bits per heavy atom. The van der Waals surface area contributed by atoms with Gasteiger partial charge in [0.05, 0.1) is 17.6 Å². The molecule has 0 spiro atoms. The molecule has 0 unspecified atom stereocenters. The van der Waals surface area contributed by atoms with Crippen LogP contribution in [0.2, 0.25) is 0 Å². The van der Waals surface area contributed by atoms with Gasteiger partial charge in [0.15, 0.2) is 5.65 Å². The lowest BCUT2D eigenvalue weighted by Crippen LogP contribution is -2.28. The number of nitrogens with zero attached hydrogens (tertiary/aromatic N) is 4. The molecule has 0 radical (unpaired) electrons. The van der Waals surface area contributed by atoms with Gasteiger partial charge in [0.2, 0.25) is 5.91 Å². The number of hydrogen-bond donors (Lipinski definition) is 4. The number of carbonyl (C=O) groups excluding carboxylic acids is 1. The molecule has 1 aliphatic carbocycles. The monoisotopic (exact) mass is 588 g/mol. The van der Waals surface area contributed by atoms with Crippen LogP contribution in [0.3, 0.4) is 0 Å². The quantitative estimate of drug-likeness (QED) is 0.150. The van der Waals surface area contributed by atoms with Crippen molar-refractivity contribution in [3.8, 4) is 33.6 Å². The fourth-order valence-corrected chi connectivity index (χ4v) is 5.65. The van der Waals surface area contributed by atoms with Crippen LogP contribution in [0.4, 0.5) is 15.8 Å². The number of nitrogens with one attached hydrogen (secondary N) is 4. The first-order chi connectivity index (χ1) is 21.4. The van der Waals surface area contributed by atoms with Gasteiger partial charge in [0.25, 0.3) is 0 Å². The number of likely N-dealkylation sites (N-methyl/N-ethyl adjacent to an activating group) is 1. The molecule has 6 aromatic rings. The van der Waals surface area contributed by atoms with E-state index in [0.717, 1.165) is 81.4 Å². The minimum Gasteiger partial charge on any atom is -0.384 e. The second kappa shape index (κ2) is 11.5. The largest absolute Gasteiger partial charge is 0.384 e. The Morgan fingerprint density at radius 2 is 1.82 bits per heavy atom. The van der Waals surface area contributed by atoms with E-state index in [2.05, 4.69) is 46.7 Å². The molecule has 2 aromatic carbocycles. The number of anilines is 2. The number of fused-ring (bicyclic) bond motifs is 2. The molecule has 222 valence electrons. The van der Waals surface area contributed by atoms with Crippen LogP contribution in [0.15, 0.2) is 73.2 Å². The summed E-state index contributed by atoms with van der Waals surface area (Å²) in [6.45, 7) is 1.56. The number of rotatable bonds is 9. The molecule has 4 heterocycles. The van der Waals surface area contributed by atoms with E-state index in [4.69, 9.17) is 0 Å². The molecule has 1 saturated carbocycles. The molecule has 0 atom stereocenters. The summed E-state index contributed by atoms with van der Waals surface area (Å²) in [6.07, 6.45) is 8.19. The zero-order valence-corrected chi connectivity index (χ0v) is 24.6. The van der Waals surface area contributed by atoms with Crippen molar-refractivity contribution < 1.29 is 9.18 Å². The zero-order valence-electron chi connectivity index (χ0n) is 24.6. The van der Waals surface area contributed by atoms with Gasteiger partial charge < -0.3 is 20.5 Å². The maximum absolute atomic E-state index is 14.7. The Balaban J connectivity index is 1.21. The van der Waals surface area contributed by atoms with Crippen molar-refractivity contribution in [2.75, 3.05) is 37.8 Å². The van der Waals surface area contributed by atoms with Gasteiger partial charge in [-0.25, -0.2) is 9.37 Å². The molecule has 9 nitrogen and oxygen atoms in total. The van der Waals surface area contributed by atoms with E-state index in [9.17, 15) is 9.18 Å². The van der Waals surface area contributed by atoms with Crippen molar-refractivity contribution >= 4 is 39.2 Å².